The van der Waals surface area contributed by atoms with Gasteiger partial charge in [-0.25, -0.2) is 0 Å². The third kappa shape index (κ3) is 2.70. The van der Waals surface area contributed by atoms with Crippen molar-refractivity contribution in [3.63, 3.8) is 0 Å². The van der Waals surface area contributed by atoms with Crippen LogP contribution >= 0.6 is 0 Å². The molecule has 4 fully saturated rings. The molecule has 5 aliphatic rings. The number of carboxylic acids is 1. The van der Waals surface area contributed by atoms with Gasteiger partial charge < -0.3 is 10.2 Å². The van der Waals surface area contributed by atoms with Gasteiger partial charge in [-0.15, -0.1) is 0 Å². The number of allylic oxidation sites excluding steroid dienone is 2. The minimum atomic E-state index is -0.723. The second-order valence-electron chi connectivity index (χ2n) is 14.5. The molecule has 0 saturated heterocycles. The van der Waals surface area contributed by atoms with E-state index in [9.17, 15) is 19.8 Å². The van der Waals surface area contributed by atoms with Crippen molar-refractivity contribution >= 4 is 11.8 Å². The highest BCUT2D eigenvalue weighted by atomic mass is 16.4. The van der Waals surface area contributed by atoms with Crippen molar-refractivity contribution in [2.75, 3.05) is 0 Å². The van der Waals surface area contributed by atoms with Crippen molar-refractivity contribution in [1.82, 2.24) is 0 Å². The predicted octanol–water partition coefficient (Wildman–Crippen LogP) is 6.27. The molecule has 0 aromatic carbocycles. The van der Waals surface area contributed by atoms with E-state index in [1.807, 2.05) is 6.08 Å². The van der Waals surface area contributed by atoms with Crippen LogP contribution in [0.5, 0.6) is 0 Å². The summed E-state index contributed by atoms with van der Waals surface area (Å²) in [7, 11) is 0. The average Bonchev–Trinajstić information content (AvgIpc) is 2.74. The highest BCUT2D eigenvalue weighted by Crippen LogP contribution is 2.75. The van der Waals surface area contributed by atoms with Crippen LogP contribution in [0.1, 0.15) is 99.8 Å². The summed E-state index contributed by atoms with van der Waals surface area (Å²) in [5.74, 6) is 0.519. The second-order valence-corrected chi connectivity index (χ2v) is 14.5. The molecular weight excluding hydrogens is 424 g/mol. The van der Waals surface area contributed by atoms with Crippen molar-refractivity contribution in [2.45, 2.75) is 106 Å². The van der Waals surface area contributed by atoms with E-state index >= 15 is 0 Å². The molecule has 34 heavy (non-hydrogen) atoms. The van der Waals surface area contributed by atoms with Gasteiger partial charge in [0.15, 0.2) is 5.78 Å². The Bertz CT molecular complexity index is 949. The quantitative estimate of drug-likeness (QED) is 0.474. The third-order valence-corrected chi connectivity index (χ3v) is 13.1. The fourth-order valence-electron chi connectivity index (χ4n) is 10.7. The fraction of sp³-hybridized carbons (Fsp3) is 0.867. The summed E-state index contributed by atoms with van der Waals surface area (Å²) in [6, 6.07) is 0. The summed E-state index contributed by atoms with van der Waals surface area (Å²) in [4.78, 5) is 27.0. The van der Waals surface area contributed by atoms with Gasteiger partial charge in [0.05, 0.1) is 11.5 Å². The van der Waals surface area contributed by atoms with E-state index in [1.165, 1.54) is 5.57 Å². The number of aliphatic hydroxyl groups excluding tert-OH is 1. The van der Waals surface area contributed by atoms with Crippen LogP contribution in [-0.4, -0.2) is 28.1 Å². The first-order chi connectivity index (χ1) is 15.7. The van der Waals surface area contributed by atoms with E-state index in [4.69, 9.17) is 0 Å². The lowest BCUT2D eigenvalue weighted by molar-refractivity contribution is -0.205. The molecule has 0 aliphatic heterocycles. The van der Waals surface area contributed by atoms with Gasteiger partial charge in [-0.3, -0.25) is 9.59 Å². The van der Waals surface area contributed by atoms with Crippen molar-refractivity contribution < 1.29 is 19.8 Å². The van der Waals surface area contributed by atoms with Crippen LogP contribution in [0.3, 0.4) is 0 Å². The van der Waals surface area contributed by atoms with Gasteiger partial charge in [0.25, 0.3) is 0 Å². The number of carbonyl (C=O) groups is 2. The lowest BCUT2D eigenvalue weighted by Gasteiger charge is -2.70. The Kier molecular flexibility index (Phi) is 5.20. The number of rotatable bonds is 1. The van der Waals surface area contributed by atoms with Crippen LogP contribution in [0, 0.1) is 56.7 Å². The zero-order valence-electron chi connectivity index (χ0n) is 22.4. The molecular formula is C30H46O4. The molecule has 5 aliphatic carbocycles. The Morgan fingerprint density at radius 2 is 1.62 bits per heavy atom. The van der Waals surface area contributed by atoms with Gasteiger partial charge >= 0.3 is 5.97 Å². The third-order valence-electron chi connectivity index (χ3n) is 13.1. The van der Waals surface area contributed by atoms with Gasteiger partial charge in [0, 0.05) is 5.92 Å². The maximum absolute atomic E-state index is 14.2. The molecule has 190 valence electrons. The molecule has 5 rings (SSSR count). The van der Waals surface area contributed by atoms with E-state index in [0.29, 0.717) is 11.8 Å². The van der Waals surface area contributed by atoms with E-state index in [-0.39, 0.29) is 51.3 Å². The summed E-state index contributed by atoms with van der Waals surface area (Å²) in [6.45, 7) is 16.0. The topological polar surface area (TPSA) is 74.6 Å². The fourth-order valence-corrected chi connectivity index (χ4v) is 10.7. The predicted molar refractivity (Wildman–Crippen MR) is 133 cm³/mol. The normalized spacial score (nSPS) is 54.1. The highest BCUT2D eigenvalue weighted by Gasteiger charge is 2.71. The number of hydrogen-bond acceptors (Lipinski definition) is 3. The molecule has 0 bridgehead atoms. The first-order valence-electron chi connectivity index (χ1n) is 13.8. The Balaban J connectivity index is 1.67. The zero-order valence-corrected chi connectivity index (χ0v) is 22.4. The van der Waals surface area contributed by atoms with Crippen LogP contribution < -0.4 is 0 Å². The molecule has 1 unspecified atom stereocenters. The Hall–Kier alpha value is -1.16. The molecule has 10 atom stereocenters. The molecule has 0 aromatic heterocycles. The first-order valence-corrected chi connectivity index (χ1v) is 13.8. The minimum Gasteiger partial charge on any atom is -0.481 e. The maximum Gasteiger partial charge on any atom is 0.310 e. The standard InChI is InChI=1S/C30H46O4/c1-17-8-13-30(25(33)34)15-14-28(6)19(23(30)18(17)2)16-20(31)24-27(5)11-10-22(32)26(3,4)21(27)9-12-29(24,28)7/h16-18,21-24,32H,8-15H2,1-7H3,(H,33,34)/t17-,18+,21?,22+,23+,24-,27+,28-,29-,30+/m1/s1. The van der Waals surface area contributed by atoms with Crippen LogP contribution in [0.15, 0.2) is 11.6 Å². The largest absolute Gasteiger partial charge is 0.481 e. The molecule has 0 heterocycles. The first kappa shape index (κ1) is 24.5. The Morgan fingerprint density at radius 1 is 0.941 bits per heavy atom. The lowest BCUT2D eigenvalue weighted by atomic mass is 9.33. The molecule has 2 N–H and O–H groups in total. The molecule has 4 nitrogen and oxygen atoms in total. The Morgan fingerprint density at radius 3 is 2.26 bits per heavy atom. The molecule has 0 aromatic rings. The number of hydrogen-bond donors (Lipinski definition) is 2. The van der Waals surface area contributed by atoms with Crippen molar-refractivity contribution in [3.05, 3.63) is 11.6 Å². The van der Waals surface area contributed by atoms with Crippen molar-refractivity contribution in [3.8, 4) is 0 Å². The van der Waals surface area contributed by atoms with Crippen LogP contribution in [-0.2, 0) is 9.59 Å². The summed E-state index contributed by atoms with van der Waals surface area (Å²) < 4.78 is 0. The van der Waals surface area contributed by atoms with Crippen LogP contribution in [0.2, 0.25) is 0 Å². The number of carbonyl (C=O) groups excluding carboxylic acids is 1. The van der Waals surface area contributed by atoms with Crippen molar-refractivity contribution in [1.29, 1.82) is 0 Å². The maximum atomic E-state index is 14.2. The summed E-state index contributed by atoms with van der Waals surface area (Å²) in [6.07, 6.45) is 8.57. The number of fused-ring (bicyclic) bond motifs is 7. The minimum absolute atomic E-state index is 0.0515. The number of aliphatic carboxylic acids is 1. The molecule has 0 spiro atoms. The highest BCUT2D eigenvalue weighted by molar-refractivity contribution is 5.96. The SMILES string of the molecule is C[C@H]1[C@H](C)CC[C@]2(C(=O)O)CC[C@]3(C)C(=CC(=O)[C@@H]4[C@@]5(C)CC[C@H](O)C(C)(C)C5CC[C@]43C)[C@H]12. The number of carboxylic acid groups (broad SMARTS) is 1. The number of ketones is 1. The van der Waals surface area contributed by atoms with Gasteiger partial charge in [-0.1, -0.05) is 54.0 Å². The second kappa shape index (κ2) is 7.20. The average molecular weight is 471 g/mol. The molecule has 4 saturated carbocycles. The molecule has 4 heteroatoms. The smallest absolute Gasteiger partial charge is 0.310 e. The number of aliphatic hydroxyl groups is 1. The van der Waals surface area contributed by atoms with Gasteiger partial charge in [0.1, 0.15) is 0 Å². The summed E-state index contributed by atoms with van der Waals surface area (Å²) in [5, 5.41) is 21.4. The van der Waals surface area contributed by atoms with E-state index in [1.54, 1.807) is 0 Å². The van der Waals surface area contributed by atoms with Gasteiger partial charge in [-0.2, -0.15) is 0 Å². The van der Waals surface area contributed by atoms with Gasteiger partial charge in [-0.05, 0) is 103 Å². The lowest BCUT2D eigenvalue weighted by Crippen LogP contribution is -2.67. The van der Waals surface area contributed by atoms with E-state index < -0.39 is 11.4 Å². The van der Waals surface area contributed by atoms with Crippen LogP contribution in [0.25, 0.3) is 0 Å². The van der Waals surface area contributed by atoms with E-state index in [0.717, 1.165) is 51.4 Å². The van der Waals surface area contributed by atoms with E-state index in [2.05, 4.69) is 48.5 Å². The van der Waals surface area contributed by atoms with Crippen LogP contribution in [0.4, 0.5) is 0 Å². The zero-order chi connectivity index (χ0) is 25.1. The Labute approximate surface area is 206 Å². The van der Waals surface area contributed by atoms with Crippen molar-refractivity contribution in [2.24, 2.45) is 56.7 Å². The molecule has 0 radical (unpaired) electrons. The molecule has 0 amide bonds. The summed E-state index contributed by atoms with van der Waals surface area (Å²) in [5.41, 5.74) is -0.222. The summed E-state index contributed by atoms with van der Waals surface area (Å²) >= 11 is 0. The monoisotopic (exact) mass is 470 g/mol. The van der Waals surface area contributed by atoms with Gasteiger partial charge in [0.2, 0.25) is 0 Å².